The highest BCUT2D eigenvalue weighted by atomic mass is 35.5. The average Bonchev–Trinajstić information content (AvgIpc) is 2.23. The minimum atomic E-state index is 0.747. The van der Waals surface area contributed by atoms with Gasteiger partial charge in [0.05, 0.1) is 0 Å². The van der Waals surface area contributed by atoms with Gasteiger partial charge >= 0.3 is 0 Å². The van der Waals surface area contributed by atoms with Gasteiger partial charge in [0.2, 0.25) is 0 Å². The minimum absolute atomic E-state index is 0.747. The second kappa shape index (κ2) is 3.85. The quantitative estimate of drug-likeness (QED) is 0.649. The number of hydrogen-bond acceptors (Lipinski definition) is 0. The van der Waals surface area contributed by atoms with Crippen LogP contribution in [0.3, 0.4) is 0 Å². The van der Waals surface area contributed by atoms with Crippen molar-refractivity contribution in [2.45, 2.75) is 0 Å². The Labute approximate surface area is 89.2 Å². The number of halogens is 1. The molecule has 0 saturated heterocycles. The Morgan fingerprint density at radius 2 is 1.64 bits per heavy atom. The summed E-state index contributed by atoms with van der Waals surface area (Å²) in [5.74, 6) is 0. The van der Waals surface area contributed by atoms with E-state index >= 15 is 0 Å². The lowest BCUT2D eigenvalue weighted by atomic mass is 10.0. The van der Waals surface area contributed by atoms with Crippen LogP contribution in [-0.2, 0) is 0 Å². The molecule has 0 unspecified atom stereocenters. The minimum Gasteiger partial charge on any atom is -0.0843 e. The molecule has 1 radical (unpaired) electrons. The highest BCUT2D eigenvalue weighted by Gasteiger charge is 2.01. The fourth-order valence-corrected chi connectivity index (χ4v) is 1.61. The SMILES string of the molecule is [CH2]c1ccc(Cl)cc1-c1ccccc1. The standard InChI is InChI=1S/C13H10Cl/c1-10-7-8-12(14)9-13(10)11-5-3-2-4-6-11/h2-9H,1H2. The monoisotopic (exact) mass is 201 g/mol. The van der Waals surface area contributed by atoms with Gasteiger partial charge in [-0.2, -0.15) is 0 Å². The van der Waals surface area contributed by atoms with E-state index in [1.165, 1.54) is 0 Å². The lowest BCUT2D eigenvalue weighted by molar-refractivity contribution is 1.56. The fourth-order valence-electron chi connectivity index (χ4n) is 1.44. The molecule has 0 bridgehead atoms. The summed E-state index contributed by atoms with van der Waals surface area (Å²) in [6.07, 6.45) is 0. The molecule has 0 spiro atoms. The van der Waals surface area contributed by atoms with E-state index in [2.05, 4.69) is 19.1 Å². The van der Waals surface area contributed by atoms with E-state index in [1.807, 2.05) is 36.4 Å². The molecule has 0 aliphatic heterocycles. The van der Waals surface area contributed by atoms with Crippen molar-refractivity contribution in [1.29, 1.82) is 0 Å². The van der Waals surface area contributed by atoms with Crippen LogP contribution in [0.1, 0.15) is 5.56 Å². The maximum Gasteiger partial charge on any atom is 0.0412 e. The third-order valence-corrected chi connectivity index (χ3v) is 2.39. The highest BCUT2D eigenvalue weighted by Crippen LogP contribution is 2.25. The smallest absolute Gasteiger partial charge is 0.0412 e. The molecule has 0 aliphatic rings. The van der Waals surface area contributed by atoms with E-state index in [-0.39, 0.29) is 0 Å². The summed E-state index contributed by atoms with van der Waals surface area (Å²) < 4.78 is 0. The summed E-state index contributed by atoms with van der Waals surface area (Å²) in [5.41, 5.74) is 3.25. The van der Waals surface area contributed by atoms with Gasteiger partial charge in [-0.3, -0.25) is 0 Å². The predicted molar refractivity (Wildman–Crippen MR) is 61.3 cm³/mol. The van der Waals surface area contributed by atoms with Crippen LogP contribution >= 0.6 is 11.6 Å². The average molecular weight is 202 g/mol. The Hall–Kier alpha value is -1.27. The van der Waals surface area contributed by atoms with Gasteiger partial charge in [0, 0.05) is 5.02 Å². The molecule has 2 aromatic carbocycles. The number of benzene rings is 2. The van der Waals surface area contributed by atoms with E-state index in [1.54, 1.807) is 0 Å². The van der Waals surface area contributed by atoms with Crippen molar-refractivity contribution < 1.29 is 0 Å². The molecular formula is C13H10Cl. The fraction of sp³-hybridized carbons (Fsp3) is 0. The van der Waals surface area contributed by atoms with Gasteiger partial charge in [-0.25, -0.2) is 0 Å². The molecule has 2 rings (SSSR count). The molecule has 69 valence electrons. The zero-order chi connectivity index (χ0) is 9.97. The Morgan fingerprint density at radius 1 is 0.929 bits per heavy atom. The van der Waals surface area contributed by atoms with Crippen LogP contribution in [0.25, 0.3) is 11.1 Å². The second-order valence-corrected chi connectivity index (χ2v) is 3.60. The summed E-state index contributed by atoms with van der Waals surface area (Å²) >= 11 is 5.94. The summed E-state index contributed by atoms with van der Waals surface area (Å²) in [4.78, 5) is 0. The lowest BCUT2D eigenvalue weighted by Gasteiger charge is -2.05. The Bertz CT molecular complexity index is 432. The molecule has 0 aromatic heterocycles. The van der Waals surface area contributed by atoms with Crippen LogP contribution in [0.4, 0.5) is 0 Å². The molecule has 0 fully saturated rings. The molecule has 0 amide bonds. The molecule has 0 N–H and O–H groups in total. The van der Waals surface area contributed by atoms with E-state index in [9.17, 15) is 0 Å². The first kappa shape index (κ1) is 9.29. The zero-order valence-electron chi connectivity index (χ0n) is 7.70. The van der Waals surface area contributed by atoms with Crippen molar-refractivity contribution in [3.63, 3.8) is 0 Å². The predicted octanol–water partition coefficient (Wildman–Crippen LogP) is 4.19. The van der Waals surface area contributed by atoms with Crippen molar-refractivity contribution >= 4 is 11.6 Å². The van der Waals surface area contributed by atoms with Crippen molar-refractivity contribution in [1.82, 2.24) is 0 Å². The third-order valence-electron chi connectivity index (χ3n) is 2.16. The van der Waals surface area contributed by atoms with Gasteiger partial charge < -0.3 is 0 Å². The van der Waals surface area contributed by atoms with Crippen LogP contribution in [0.5, 0.6) is 0 Å². The summed E-state index contributed by atoms with van der Waals surface area (Å²) in [5, 5.41) is 0.747. The molecule has 0 heterocycles. The van der Waals surface area contributed by atoms with Gasteiger partial charge in [-0.15, -0.1) is 0 Å². The maximum atomic E-state index is 5.94. The van der Waals surface area contributed by atoms with Crippen molar-refractivity contribution in [3.8, 4) is 11.1 Å². The summed E-state index contributed by atoms with van der Waals surface area (Å²) in [6.45, 7) is 3.98. The van der Waals surface area contributed by atoms with Gasteiger partial charge in [-0.1, -0.05) is 48.0 Å². The number of hydrogen-bond donors (Lipinski definition) is 0. The summed E-state index contributed by atoms with van der Waals surface area (Å²) in [7, 11) is 0. The topological polar surface area (TPSA) is 0 Å². The van der Waals surface area contributed by atoms with Crippen LogP contribution in [-0.4, -0.2) is 0 Å². The number of rotatable bonds is 1. The maximum absolute atomic E-state index is 5.94. The lowest BCUT2D eigenvalue weighted by Crippen LogP contribution is -1.82. The third kappa shape index (κ3) is 1.80. The molecule has 2 aromatic rings. The van der Waals surface area contributed by atoms with Crippen LogP contribution < -0.4 is 0 Å². The van der Waals surface area contributed by atoms with E-state index in [0.29, 0.717) is 0 Å². The molecule has 0 aliphatic carbocycles. The van der Waals surface area contributed by atoms with Crippen LogP contribution in [0, 0.1) is 6.92 Å². The zero-order valence-corrected chi connectivity index (χ0v) is 8.46. The van der Waals surface area contributed by atoms with Gasteiger partial charge in [0.1, 0.15) is 0 Å². The van der Waals surface area contributed by atoms with E-state index < -0.39 is 0 Å². The molecule has 1 heteroatoms. The van der Waals surface area contributed by atoms with Gasteiger partial charge in [-0.05, 0) is 35.7 Å². The van der Waals surface area contributed by atoms with Gasteiger partial charge in [0.25, 0.3) is 0 Å². The normalized spacial score (nSPS) is 10.1. The van der Waals surface area contributed by atoms with E-state index in [0.717, 1.165) is 21.7 Å². The molecule has 0 atom stereocenters. The molecule has 14 heavy (non-hydrogen) atoms. The van der Waals surface area contributed by atoms with Gasteiger partial charge in [0.15, 0.2) is 0 Å². The molecular weight excluding hydrogens is 192 g/mol. The highest BCUT2D eigenvalue weighted by molar-refractivity contribution is 6.30. The first-order chi connectivity index (χ1) is 6.77. The van der Waals surface area contributed by atoms with Crippen molar-refractivity contribution in [3.05, 3.63) is 66.0 Å². The first-order valence-corrected chi connectivity index (χ1v) is 4.82. The first-order valence-electron chi connectivity index (χ1n) is 4.44. The Kier molecular flexibility index (Phi) is 2.55. The Morgan fingerprint density at radius 3 is 2.36 bits per heavy atom. The van der Waals surface area contributed by atoms with E-state index in [4.69, 9.17) is 11.6 Å². The van der Waals surface area contributed by atoms with Crippen molar-refractivity contribution in [2.75, 3.05) is 0 Å². The molecule has 0 saturated carbocycles. The van der Waals surface area contributed by atoms with Crippen LogP contribution in [0.15, 0.2) is 48.5 Å². The largest absolute Gasteiger partial charge is 0.0843 e. The van der Waals surface area contributed by atoms with Crippen molar-refractivity contribution in [2.24, 2.45) is 0 Å². The Balaban J connectivity index is 2.57. The summed E-state index contributed by atoms with van der Waals surface area (Å²) in [6, 6.07) is 15.9. The molecule has 0 nitrogen and oxygen atoms in total. The second-order valence-electron chi connectivity index (χ2n) is 3.17. The van der Waals surface area contributed by atoms with Crippen LogP contribution in [0.2, 0.25) is 5.02 Å².